The van der Waals surface area contributed by atoms with Gasteiger partial charge in [0.1, 0.15) is 0 Å². The number of rotatable bonds is 1. The first-order chi connectivity index (χ1) is 7.21. The van der Waals surface area contributed by atoms with Crippen LogP contribution in [0.2, 0.25) is 0 Å². The van der Waals surface area contributed by atoms with Crippen LogP contribution in [0.1, 0.15) is 16.6 Å². The average molecular weight is 223 g/mol. The Kier molecular flexibility index (Phi) is 4.27. The van der Waals surface area contributed by atoms with E-state index < -0.39 is 0 Å². The highest BCUT2D eigenvalue weighted by molar-refractivity contribution is 7.20. The molecule has 0 bridgehead atoms. The fourth-order valence-electron chi connectivity index (χ4n) is 1.14. The Labute approximate surface area is 92.1 Å². The van der Waals surface area contributed by atoms with E-state index in [4.69, 9.17) is 10.8 Å². The summed E-state index contributed by atoms with van der Waals surface area (Å²) < 4.78 is 1.10. The molecule has 15 heavy (non-hydrogen) atoms. The third kappa shape index (κ3) is 3.04. The lowest BCUT2D eigenvalue weighted by molar-refractivity contribution is 0.112. The zero-order valence-corrected chi connectivity index (χ0v) is 9.25. The predicted octanol–water partition coefficient (Wildman–Crippen LogP) is 2.29. The zero-order valence-electron chi connectivity index (χ0n) is 8.43. The summed E-state index contributed by atoms with van der Waals surface area (Å²) in [6.45, 7) is 1.93. The second-order valence-electron chi connectivity index (χ2n) is 2.88. The van der Waals surface area contributed by atoms with Crippen LogP contribution in [0, 0.1) is 0 Å². The smallest absolute Gasteiger partial charge is 0.160 e. The molecule has 0 aliphatic rings. The van der Waals surface area contributed by atoms with Crippen molar-refractivity contribution in [3.05, 3.63) is 29.1 Å². The first kappa shape index (κ1) is 11.7. The highest BCUT2D eigenvalue weighted by atomic mass is 32.1. The van der Waals surface area contributed by atoms with E-state index in [2.05, 4.69) is 0 Å². The number of benzene rings is 1. The molecule has 2 aromatic rings. The SMILES string of the molecule is CCO.Nc1ccc2sc(C=O)cc2c1. The Balaban J connectivity index is 0.000000337. The lowest BCUT2D eigenvalue weighted by atomic mass is 10.2. The molecular weight excluding hydrogens is 210 g/mol. The molecule has 1 aromatic carbocycles. The van der Waals surface area contributed by atoms with E-state index in [0.29, 0.717) is 0 Å². The summed E-state index contributed by atoms with van der Waals surface area (Å²) in [4.78, 5) is 11.2. The molecule has 4 heteroatoms. The van der Waals surface area contributed by atoms with Crippen LogP contribution in [0.25, 0.3) is 10.1 Å². The van der Waals surface area contributed by atoms with Crippen molar-refractivity contribution in [2.24, 2.45) is 0 Å². The highest BCUT2D eigenvalue weighted by Gasteiger charge is 1.99. The van der Waals surface area contributed by atoms with Gasteiger partial charge in [-0.05, 0) is 36.6 Å². The second kappa shape index (κ2) is 5.48. The Hall–Kier alpha value is -1.39. The first-order valence-corrected chi connectivity index (χ1v) is 5.38. The van der Waals surface area contributed by atoms with Crippen LogP contribution in [-0.2, 0) is 0 Å². The molecule has 0 aliphatic heterocycles. The molecule has 3 N–H and O–H groups in total. The third-order valence-electron chi connectivity index (χ3n) is 1.68. The van der Waals surface area contributed by atoms with Crippen molar-refractivity contribution in [3.8, 4) is 0 Å². The molecule has 2 rings (SSSR count). The summed E-state index contributed by atoms with van der Waals surface area (Å²) >= 11 is 1.48. The number of nitrogens with two attached hydrogens (primary N) is 1. The van der Waals surface area contributed by atoms with Crippen molar-refractivity contribution in [2.75, 3.05) is 12.3 Å². The molecule has 0 saturated heterocycles. The molecule has 0 atom stereocenters. The molecule has 0 spiro atoms. The van der Waals surface area contributed by atoms with Crippen LogP contribution in [0.5, 0.6) is 0 Å². The average Bonchev–Trinajstić information content (AvgIpc) is 2.61. The largest absolute Gasteiger partial charge is 0.399 e. The summed E-state index contributed by atoms with van der Waals surface area (Å²) in [5.74, 6) is 0. The van der Waals surface area contributed by atoms with Crippen molar-refractivity contribution in [2.45, 2.75) is 6.92 Å². The number of anilines is 1. The molecule has 0 unspecified atom stereocenters. The molecule has 0 aliphatic carbocycles. The van der Waals surface area contributed by atoms with Crippen LogP contribution >= 0.6 is 11.3 Å². The van der Waals surface area contributed by atoms with Gasteiger partial charge in [-0.25, -0.2) is 0 Å². The number of hydrogen-bond donors (Lipinski definition) is 2. The monoisotopic (exact) mass is 223 g/mol. The maximum Gasteiger partial charge on any atom is 0.160 e. The highest BCUT2D eigenvalue weighted by Crippen LogP contribution is 2.25. The number of fused-ring (bicyclic) bond motifs is 1. The van der Waals surface area contributed by atoms with E-state index in [9.17, 15) is 4.79 Å². The van der Waals surface area contributed by atoms with Gasteiger partial charge < -0.3 is 10.8 Å². The van der Waals surface area contributed by atoms with Crippen molar-refractivity contribution in [1.29, 1.82) is 0 Å². The van der Waals surface area contributed by atoms with Crippen LogP contribution < -0.4 is 5.73 Å². The van der Waals surface area contributed by atoms with Crippen molar-refractivity contribution < 1.29 is 9.90 Å². The van der Waals surface area contributed by atoms with Gasteiger partial charge in [-0.2, -0.15) is 0 Å². The molecular formula is C11H13NO2S. The Bertz CT molecular complexity index is 451. The topological polar surface area (TPSA) is 63.3 Å². The number of carbonyl (C=O) groups excluding carboxylic acids is 1. The van der Waals surface area contributed by atoms with E-state index in [1.165, 1.54) is 11.3 Å². The second-order valence-corrected chi connectivity index (χ2v) is 4.00. The molecule has 80 valence electrons. The van der Waals surface area contributed by atoms with Gasteiger partial charge in [0.2, 0.25) is 0 Å². The van der Waals surface area contributed by atoms with E-state index in [1.54, 1.807) is 6.92 Å². The first-order valence-electron chi connectivity index (χ1n) is 4.56. The third-order valence-corrected chi connectivity index (χ3v) is 2.72. The number of hydrogen-bond acceptors (Lipinski definition) is 4. The minimum Gasteiger partial charge on any atom is -0.399 e. The quantitative estimate of drug-likeness (QED) is 0.576. The lowest BCUT2D eigenvalue weighted by Crippen LogP contribution is -1.80. The van der Waals surface area contributed by atoms with Crippen molar-refractivity contribution in [3.63, 3.8) is 0 Å². The molecule has 0 amide bonds. The molecule has 0 fully saturated rings. The standard InChI is InChI=1S/C9H7NOS.C2H6O/c10-7-1-2-9-6(3-7)4-8(5-11)12-9;1-2-3/h1-5H,10H2;3H,2H2,1H3. The van der Waals surface area contributed by atoms with Gasteiger partial charge in [0.15, 0.2) is 6.29 Å². The number of aliphatic hydroxyl groups excluding tert-OH is 1. The molecule has 1 aromatic heterocycles. The summed E-state index contributed by atoms with van der Waals surface area (Å²) in [5.41, 5.74) is 6.32. The summed E-state index contributed by atoms with van der Waals surface area (Å²) in [6.07, 6.45) is 0.862. The number of nitrogen functional groups attached to an aromatic ring is 1. The Morgan fingerprint density at radius 2 is 2.13 bits per heavy atom. The van der Waals surface area contributed by atoms with Gasteiger partial charge in [0, 0.05) is 17.0 Å². The van der Waals surface area contributed by atoms with Crippen LogP contribution in [-0.4, -0.2) is 18.0 Å². The van der Waals surface area contributed by atoms with Crippen molar-refractivity contribution in [1.82, 2.24) is 0 Å². The van der Waals surface area contributed by atoms with E-state index in [-0.39, 0.29) is 6.61 Å². The van der Waals surface area contributed by atoms with E-state index in [1.807, 2.05) is 24.3 Å². The van der Waals surface area contributed by atoms with Gasteiger partial charge in [-0.1, -0.05) is 0 Å². The molecule has 1 heterocycles. The number of thiophene rings is 1. The van der Waals surface area contributed by atoms with Gasteiger partial charge in [-0.3, -0.25) is 4.79 Å². The fraction of sp³-hybridized carbons (Fsp3) is 0.182. The Morgan fingerprint density at radius 3 is 2.73 bits per heavy atom. The van der Waals surface area contributed by atoms with Gasteiger partial charge in [-0.15, -0.1) is 11.3 Å². The van der Waals surface area contributed by atoms with Crippen LogP contribution in [0.4, 0.5) is 5.69 Å². The molecule has 0 radical (unpaired) electrons. The molecule has 3 nitrogen and oxygen atoms in total. The van der Waals surface area contributed by atoms with Crippen LogP contribution in [0.15, 0.2) is 24.3 Å². The Morgan fingerprint density at radius 1 is 1.47 bits per heavy atom. The number of aliphatic hydroxyl groups is 1. The fourth-order valence-corrected chi connectivity index (χ4v) is 2.00. The number of aldehydes is 1. The van der Waals surface area contributed by atoms with E-state index in [0.717, 1.165) is 26.9 Å². The minimum atomic E-state index is 0.250. The van der Waals surface area contributed by atoms with E-state index >= 15 is 0 Å². The zero-order chi connectivity index (χ0) is 11.3. The summed E-state index contributed by atoms with van der Waals surface area (Å²) in [6, 6.07) is 7.50. The normalized spacial score (nSPS) is 9.47. The maximum atomic E-state index is 10.4. The van der Waals surface area contributed by atoms with Crippen molar-refractivity contribution >= 4 is 33.4 Å². The van der Waals surface area contributed by atoms with Gasteiger partial charge >= 0.3 is 0 Å². The summed E-state index contributed by atoms with van der Waals surface area (Å²) in [7, 11) is 0. The minimum absolute atomic E-state index is 0.250. The maximum absolute atomic E-state index is 10.4. The van der Waals surface area contributed by atoms with Gasteiger partial charge in [0.05, 0.1) is 4.88 Å². The van der Waals surface area contributed by atoms with Gasteiger partial charge in [0.25, 0.3) is 0 Å². The predicted molar refractivity (Wildman–Crippen MR) is 64.4 cm³/mol. The summed E-state index contributed by atoms with van der Waals surface area (Å²) in [5, 5.41) is 8.61. The molecule has 0 saturated carbocycles. The lowest BCUT2D eigenvalue weighted by Gasteiger charge is -1.90. The van der Waals surface area contributed by atoms with Crippen LogP contribution in [0.3, 0.4) is 0 Å². The number of carbonyl (C=O) groups is 1.